The Hall–Kier alpha value is -0.880. The van der Waals surface area contributed by atoms with Crippen molar-refractivity contribution < 1.29 is 4.74 Å². The largest absolute Gasteiger partial charge is 0.378 e. The number of ether oxygens (including phenoxy) is 1. The summed E-state index contributed by atoms with van der Waals surface area (Å²) in [7, 11) is 0. The predicted molar refractivity (Wildman–Crippen MR) is 84.9 cm³/mol. The molecule has 0 bridgehead atoms. The van der Waals surface area contributed by atoms with Crippen LogP contribution in [0.2, 0.25) is 4.34 Å². The van der Waals surface area contributed by atoms with Crippen LogP contribution in [0.3, 0.4) is 0 Å². The van der Waals surface area contributed by atoms with Crippen LogP contribution in [0, 0.1) is 0 Å². The summed E-state index contributed by atoms with van der Waals surface area (Å²) >= 11 is 7.75. The standard InChI is InChI=1S/C14H18ClN3OS/c1-14(2,16)11-8-10-9(7-12(15)20-10)13(17-11)18-3-5-19-6-4-18/h7-8H,3-6,16H2,1-2H3. The van der Waals surface area contributed by atoms with E-state index in [0.717, 1.165) is 52.2 Å². The first kappa shape index (κ1) is 14.1. The number of hydrogen-bond donors (Lipinski definition) is 1. The maximum absolute atomic E-state index is 6.22. The van der Waals surface area contributed by atoms with E-state index in [2.05, 4.69) is 11.0 Å². The van der Waals surface area contributed by atoms with Gasteiger partial charge in [-0.25, -0.2) is 4.98 Å². The number of nitrogens with two attached hydrogens (primary N) is 1. The Balaban J connectivity index is 2.16. The van der Waals surface area contributed by atoms with Gasteiger partial charge in [0.15, 0.2) is 0 Å². The third kappa shape index (κ3) is 2.63. The Kier molecular flexibility index (Phi) is 3.62. The number of nitrogens with zero attached hydrogens (tertiary/aromatic N) is 2. The summed E-state index contributed by atoms with van der Waals surface area (Å²) in [6.45, 7) is 7.11. The number of fused-ring (bicyclic) bond motifs is 1. The van der Waals surface area contributed by atoms with Gasteiger partial charge in [-0.05, 0) is 26.0 Å². The van der Waals surface area contributed by atoms with Gasteiger partial charge in [0.2, 0.25) is 0 Å². The topological polar surface area (TPSA) is 51.4 Å². The molecule has 3 heterocycles. The zero-order valence-corrected chi connectivity index (χ0v) is 13.2. The molecule has 0 unspecified atom stereocenters. The molecule has 1 aliphatic rings. The molecule has 0 aromatic carbocycles. The third-order valence-corrected chi connectivity index (χ3v) is 4.65. The van der Waals surface area contributed by atoms with Crippen molar-refractivity contribution in [3.05, 3.63) is 22.2 Å². The van der Waals surface area contributed by atoms with Crippen LogP contribution in [0.5, 0.6) is 0 Å². The molecule has 20 heavy (non-hydrogen) atoms. The summed E-state index contributed by atoms with van der Waals surface area (Å²) < 4.78 is 7.34. The van der Waals surface area contributed by atoms with Crippen LogP contribution in [0.15, 0.2) is 12.1 Å². The number of morpholine rings is 1. The van der Waals surface area contributed by atoms with Crippen molar-refractivity contribution in [1.29, 1.82) is 0 Å². The van der Waals surface area contributed by atoms with Crippen LogP contribution in [0.1, 0.15) is 19.5 Å². The van der Waals surface area contributed by atoms with Gasteiger partial charge in [0, 0.05) is 23.2 Å². The molecule has 0 saturated carbocycles. The summed E-state index contributed by atoms with van der Waals surface area (Å²) in [6.07, 6.45) is 0. The van der Waals surface area contributed by atoms with Crippen LogP contribution in [-0.4, -0.2) is 31.3 Å². The third-order valence-electron chi connectivity index (χ3n) is 3.44. The van der Waals surface area contributed by atoms with E-state index in [4.69, 9.17) is 27.1 Å². The fourth-order valence-corrected chi connectivity index (χ4v) is 3.51. The van der Waals surface area contributed by atoms with Gasteiger partial charge in [0.25, 0.3) is 0 Å². The molecule has 0 amide bonds. The second-order valence-corrected chi connectivity index (χ2v) is 7.33. The van der Waals surface area contributed by atoms with Crippen molar-refractivity contribution in [2.45, 2.75) is 19.4 Å². The number of hydrogen-bond acceptors (Lipinski definition) is 5. The first-order valence-corrected chi connectivity index (χ1v) is 7.87. The zero-order valence-electron chi connectivity index (χ0n) is 11.6. The molecular weight excluding hydrogens is 294 g/mol. The Morgan fingerprint density at radius 2 is 2.05 bits per heavy atom. The van der Waals surface area contributed by atoms with Crippen LogP contribution >= 0.6 is 22.9 Å². The van der Waals surface area contributed by atoms with Crippen LogP contribution in [0.25, 0.3) is 10.1 Å². The van der Waals surface area contributed by atoms with Gasteiger partial charge in [-0.15, -0.1) is 11.3 Å². The second-order valence-electron chi connectivity index (χ2n) is 5.61. The molecule has 0 radical (unpaired) electrons. The zero-order chi connectivity index (χ0) is 14.3. The maximum atomic E-state index is 6.22. The smallest absolute Gasteiger partial charge is 0.137 e. The molecule has 1 aliphatic heterocycles. The molecule has 1 saturated heterocycles. The number of aromatic nitrogens is 1. The van der Waals surface area contributed by atoms with Gasteiger partial charge < -0.3 is 15.4 Å². The molecule has 1 fully saturated rings. The quantitative estimate of drug-likeness (QED) is 0.926. The van der Waals surface area contributed by atoms with Crippen molar-refractivity contribution in [3.63, 3.8) is 0 Å². The summed E-state index contributed by atoms with van der Waals surface area (Å²) in [5.74, 6) is 0.975. The average Bonchev–Trinajstić information content (AvgIpc) is 2.77. The Morgan fingerprint density at radius 1 is 1.35 bits per heavy atom. The molecule has 3 rings (SSSR count). The highest BCUT2D eigenvalue weighted by Crippen LogP contribution is 2.37. The minimum absolute atomic E-state index is 0.467. The van der Waals surface area contributed by atoms with E-state index in [1.807, 2.05) is 19.9 Å². The fraction of sp³-hybridized carbons (Fsp3) is 0.500. The highest BCUT2D eigenvalue weighted by atomic mass is 35.5. The lowest BCUT2D eigenvalue weighted by atomic mass is 10.0. The van der Waals surface area contributed by atoms with Gasteiger partial charge in [-0.3, -0.25) is 0 Å². The molecule has 2 aromatic heterocycles. The van der Waals surface area contributed by atoms with Gasteiger partial charge in [0.1, 0.15) is 5.82 Å². The SMILES string of the molecule is CC(C)(N)c1cc2sc(Cl)cc2c(N2CCOCC2)n1. The lowest BCUT2D eigenvalue weighted by Crippen LogP contribution is -2.38. The first-order valence-electron chi connectivity index (χ1n) is 6.67. The minimum Gasteiger partial charge on any atom is -0.378 e. The van der Waals surface area contributed by atoms with E-state index < -0.39 is 5.54 Å². The van der Waals surface area contributed by atoms with Gasteiger partial charge in [-0.1, -0.05) is 11.6 Å². The second kappa shape index (κ2) is 5.15. The van der Waals surface area contributed by atoms with E-state index in [0.29, 0.717) is 0 Å². The lowest BCUT2D eigenvalue weighted by Gasteiger charge is -2.30. The average molecular weight is 312 g/mol. The highest BCUT2D eigenvalue weighted by molar-refractivity contribution is 7.22. The molecule has 0 atom stereocenters. The van der Waals surface area contributed by atoms with Crippen molar-refractivity contribution in [2.24, 2.45) is 5.73 Å². The number of anilines is 1. The normalized spacial score (nSPS) is 16.9. The van der Waals surface area contributed by atoms with Crippen LogP contribution in [-0.2, 0) is 10.3 Å². The number of pyridine rings is 1. The molecule has 4 nitrogen and oxygen atoms in total. The van der Waals surface area contributed by atoms with Crippen LogP contribution < -0.4 is 10.6 Å². The van der Waals surface area contributed by atoms with Crippen molar-refractivity contribution in [2.75, 3.05) is 31.2 Å². The Bertz CT molecular complexity index is 629. The van der Waals surface area contributed by atoms with Crippen molar-refractivity contribution >= 4 is 38.8 Å². The molecule has 0 spiro atoms. The number of thiophene rings is 1. The van der Waals surface area contributed by atoms with Crippen LogP contribution in [0.4, 0.5) is 5.82 Å². The van der Waals surface area contributed by atoms with E-state index in [1.54, 1.807) is 11.3 Å². The molecule has 2 aromatic rings. The highest BCUT2D eigenvalue weighted by Gasteiger charge is 2.23. The first-order chi connectivity index (χ1) is 9.45. The summed E-state index contributed by atoms with van der Waals surface area (Å²) in [4.78, 5) is 7.06. The molecule has 108 valence electrons. The van der Waals surface area contributed by atoms with Gasteiger partial charge in [0.05, 0.1) is 28.8 Å². The van der Waals surface area contributed by atoms with E-state index in [9.17, 15) is 0 Å². The fourth-order valence-electron chi connectivity index (χ4n) is 2.33. The number of rotatable bonds is 2. The lowest BCUT2D eigenvalue weighted by molar-refractivity contribution is 0.122. The monoisotopic (exact) mass is 311 g/mol. The summed E-state index contributed by atoms with van der Waals surface area (Å²) in [6, 6.07) is 4.04. The van der Waals surface area contributed by atoms with E-state index in [-0.39, 0.29) is 0 Å². The minimum atomic E-state index is -0.467. The maximum Gasteiger partial charge on any atom is 0.137 e. The van der Waals surface area contributed by atoms with Gasteiger partial charge >= 0.3 is 0 Å². The predicted octanol–water partition coefficient (Wildman–Crippen LogP) is 2.98. The van der Waals surface area contributed by atoms with Crippen molar-refractivity contribution in [3.8, 4) is 0 Å². The number of halogens is 1. The summed E-state index contributed by atoms with van der Waals surface area (Å²) in [5, 5.41) is 1.11. The molecule has 6 heteroatoms. The van der Waals surface area contributed by atoms with E-state index >= 15 is 0 Å². The van der Waals surface area contributed by atoms with E-state index in [1.165, 1.54) is 0 Å². The summed E-state index contributed by atoms with van der Waals surface area (Å²) in [5.41, 5.74) is 6.65. The molecular formula is C14H18ClN3OS. The van der Waals surface area contributed by atoms with Crippen molar-refractivity contribution in [1.82, 2.24) is 4.98 Å². The Morgan fingerprint density at radius 3 is 2.70 bits per heavy atom. The Labute approximate surface area is 127 Å². The van der Waals surface area contributed by atoms with Gasteiger partial charge in [-0.2, -0.15) is 0 Å². The molecule has 2 N–H and O–H groups in total. The molecule has 0 aliphatic carbocycles.